The zero-order valence-electron chi connectivity index (χ0n) is 9.06. The number of fused-ring (bicyclic) bond motifs is 1. The van der Waals surface area contributed by atoms with Crippen LogP contribution in [-0.4, -0.2) is 18.0 Å². The lowest BCUT2D eigenvalue weighted by atomic mass is 9.97. The molecule has 2 unspecified atom stereocenters. The maximum absolute atomic E-state index is 9.43. The van der Waals surface area contributed by atoms with E-state index in [2.05, 4.69) is 6.92 Å². The van der Waals surface area contributed by atoms with E-state index in [1.54, 1.807) is 18.2 Å². The first-order valence-electron chi connectivity index (χ1n) is 5.37. The zero-order chi connectivity index (χ0) is 10.8. The van der Waals surface area contributed by atoms with E-state index in [1.807, 2.05) is 6.92 Å². The Morgan fingerprint density at radius 3 is 2.87 bits per heavy atom. The minimum atomic E-state index is -0.197. The van der Waals surface area contributed by atoms with Crippen LogP contribution in [0.15, 0.2) is 18.2 Å². The van der Waals surface area contributed by atoms with Crippen LogP contribution in [0.2, 0.25) is 0 Å². The Balaban J connectivity index is 2.29. The Hall–Kier alpha value is -1.22. The molecule has 0 bridgehead atoms. The lowest BCUT2D eigenvalue weighted by Crippen LogP contribution is -2.22. The normalized spacial score (nSPS) is 23.6. The summed E-state index contributed by atoms with van der Waals surface area (Å²) in [5, 5.41) is 9.43. The van der Waals surface area contributed by atoms with Crippen LogP contribution in [0.1, 0.15) is 31.7 Å². The maximum Gasteiger partial charge on any atom is 0.206 e. The van der Waals surface area contributed by atoms with Gasteiger partial charge in [-0.3, -0.25) is 0 Å². The van der Waals surface area contributed by atoms with Crippen molar-refractivity contribution in [2.75, 3.05) is 6.61 Å². The number of benzene rings is 1. The van der Waals surface area contributed by atoms with Crippen molar-refractivity contribution >= 4 is 0 Å². The molecular formula is C12H16O3. The summed E-state index contributed by atoms with van der Waals surface area (Å²) in [5.74, 6) is 1.35. The molecule has 0 amide bonds. The third-order valence-electron chi connectivity index (χ3n) is 2.74. The Morgan fingerprint density at radius 1 is 1.40 bits per heavy atom. The van der Waals surface area contributed by atoms with E-state index in [0.29, 0.717) is 6.61 Å². The molecule has 1 aliphatic heterocycles. The van der Waals surface area contributed by atoms with E-state index in [4.69, 9.17) is 9.47 Å². The Kier molecular flexibility index (Phi) is 2.82. The van der Waals surface area contributed by atoms with Crippen molar-refractivity contribution in [1.82, 2.24) is 0 Å². The third-order valence-corrected chi connectivity index (χ3v) is 2.74. The van der Waals surface area contributed by atoms with Gasteiger partial charge in [0.25, 0.3) is 0 Å². The minimum absolute atomic E-state index is 0.197. The van der Waals surface area contributed by atoms with Gasteiger partial charge < -0.3 is 14.6 Å². The third kappa shape index (κ3) is 1.79. The van der Waals surface area contributed by atoms with E-state index in [-0.39, 0.29) is 18.0 Å². The molecule has 0 saturated heterocycles. The number of hydrogen-bond acceptors (Lipinski definition) is 3. The van der Waals surface area contributed by atoms with Gasteiger partial charge in [-0.2, -0.15) is 0 Å². The highest BCUT2D eigenvalue weighted by atomic mass is 16.7. The van der Waals surface area contributed by atoms with Gasteiger partial charge in [-0.05, 0) is 31.5 Å². The van der Waals surface area contributed by atoms with Crippen molar-refractivity contribution in [2.45, 2.75) is 32.5 Å². The van der Waals surface area contributed by atoms with Crippen LogP contribution >= 0.6 is 0 Å². The molecule has 1 aromatic rings. The van der Waals surface area contributed by atoms with Crippen LogP contribution in [0.25, 0.3) is 0 Å². The van der Waals surface area contributed by atoms with Crippen LogP contribution in [0.5, 0.6) is 11.5 Å². The van der Waals surface area contributed by atoms with E-state index in [9.17, 15) is 5.11 Å². The first-order chi connectivity index (χ1) is 7.26. The van der Waals surface area contributed by atoms with Crippen molar-refractivity contribution in [3.63, 3.8) is 0 Å². The Labute approximate surface area is 89.6 Å². The van der Waals surface area contributed by atoms with Crippen LogP contribution in [0.3, 0.4) is 0 Å². The van der Waals surface area contributed by atoms with Crippen LogP contribution in [0.4, 0.5) is 0 Å². The molecule has 0 fully saturated rings. The van der Waals surface area contributed by atoms with E-state index < -0.39 is 0 Å². The molecule has 0 spiro atoms. The van der Waals surface area contributed by atoms with Gasteiger partial charge in [0.1, 0.15) is 11.5 Å². The fourth-order valence-electron chi connectivity index (χ4n) is 2.01. The molecule has 82 valence electrons. The second kappa shape index (κ2) is 4.11. The summed E-state index contributed by atoms with van der Waals surface area (Å²) in [6.07, 6.45) is 0.748. The van der Waals surface area contributed by atoms with Gasteiger partial charge in [0.05, 0.1) is 5.92 Å². The molecule has 0 aromatic heterocycles. The summed E-state index contributed by atoms with van der Waals surface area (Å²) in [5.41, 5.74) is 1.05. The largest absolute Gasteiger partial charge is 0.508 e. The van der Waals surface area contributed by atoms with Crippen LogP contribution in [0, 0.1) is 0 Å². The highest BCUT2D eigenvalue weighted by molar-refractivity contribution is 5.45. The molecule has 0 saturated carbocycles. The summed E-state index contributed by atoms with van der Waals surface area (Å²) in [6.45, 7) is 4.69. The maximum atomic E-state index is 9.43. The van der Waals surface area contributed by atoms with Gasteiger partial charge in [-0.1, -0.05) is 6.92 Å². The Morgan fingerprint density at radius 2 is 2.20 bits per heavy atom. The first kappa shape index (κ1) is 10.3. The molecule has 0 radical (unpaired) electrons. The number of ether oxygens (including phenoxy) is 2. The van der Waals surface area contributed by atoms with Crippen LogP contribution < -0.4 is 4.74 Å². The molecule has 0 aliphatic carbocycles. The van der Waals surface area contributed by atoms with Gasteiger partial charge in [0.15, 0.2) is 0 Å². The van der Waals surface area contributed by atoms with Crippen molar-refractivity contribution in [1.29, 1.82) is 0 Å². The van der Waals surface area contributed by atoms with Gasteiger partial charge in [0.2, 0.25) is 6.29 Å². The second-order valence-corrected chi connectivity index (χ2v) is 3.68. The van der Waals surface area contributed by atoms with Crippen molar-refractivity contribution in [2.24, 2.45) is 0 Å². The average Bonchev–Trinajstić information content (AvgIpc) is 2.55. The SMILES string of the molecule is CCOC1Oc2ccc(O)cc2C1CC. The van der Waals surface area contributed by atoms with E-state index in [1.165, 1.54) is 0 Å². The highest BCUT2D eigenvalue weighted by Crippen LogP contribution is 2.41. The molecular weight excluding hydrogens is 192 g/mol. The minimum Gasteiger partial charge on any atom is -0.508 e. The fraction of sp³-hybridized carbons (Fsp3) is 0.500. The number of hydrogen-bond donors (Lipinski definition) is 1. The lowest BCUT2D eigenvalue weighted by molar-refractivity contribution is -0.0769. The lowest BCUT2D eigenvalue weighted by Gasteiger charge is -2.16. The van der Waals surface area contributed by atoms with Gasteiger partial charge in [-0.15, -0.1) is 0 Å². The summed E-state index contributed by atoms with van der Waals surface area (Å²) < 4.78 is 11.2. The first-order valence-corrected chi connectivity index (χ1v) is 5.37. The molecule has 2 rings (SSSR count). The molecule has 1 N–H and O–H groups in total. The predicted octanol–water partition coefficient (Wildman–Crippen LogP) is 2.64. The Bertz CT molecular complexity index is 349. The molecule has 15 heavy (non-hydrogen) atoms. The molecule has 1 aromatic carbocycles. The van der Waals surface area contributed by atoms with Gasteiger partial charge >= 0.3 is 0 Å². The smallest absolute Gasteiger partial charge is 0.206 e. The molecule has 3 nitrogen and oxygen atoms in total. The van der Waals surface area contributed by atoms with Crippen LogP contribution in [-0.2, 0) is 4.74 Å². The van der Waals surface area contributed by atoms with Crippen molar-refractivity contribution in [3.05, 3.63) is 23.8 Å². The summed E-state index contributed by atoms with van der Waals surface area (Å²) in [6, 6.07) is 5.20. The number of phenolic OH excluding ortho intramolecular Hbond substituents is 1. The van der Waals surface area contributed by atoms with Gasteiger partial charge in [-0.25, -0.2) is 0 Å². The standard InChI is InChI=1S/C12H16O3/c1-3-9-10-7-8(13)5-6-11(10)15-12(9)14-4-2/h5-7,9,12-13H,3-4H2,1-2H3. The summed E-state index contributed by atoms with van der Waals surface area (Å²) in [7, 11) is 0. The van der Waals surface area contributed by atoms with E-state index >= 15 is 0 Å². The number of phenols is 1. The zero-order valence-corrected chi connectivity index (χ0v) is 9.06. The molecule has 3 heteroatoms. The summed E-state index contributed by atoms with van der Waals surface area (Å²) >= 11 is 0. The monoisotopic (exact) mass is 208 g/mol. The molecule has 1 heterocycles. The highest BCUT2D eigenvalue weighted by Gasteiger charge is 2.33. The van der Waals surface area contributed by atoms with Crippen molar-refractivity contribution < 1.29 is 14.6 Å². The fourth-order valence-corrected chi connectivity index (χ4v) is 2.01. The van der Waals surface area contributed by atoms with E-state index in [0.717, 1.165) is 17.7 Å². The molecule has 2 atom stereocenters. The number of aromatic hydroxyl groups is 1. The average molecular weight is 208 g/mol. The van der Waals surface area contributed by atoms with Crippen molar-refractivity contribution in [3.8, 4) is 11.5 Å². The molecule has 1 aliphatic rings. The van der Waals surface area contributed by atoms with Gasteiger partial charge in [0, 0.05) is 12.2 Å². The second-order valence-electron chi connectivity index (χ2n) is 3.68. The summed E-state index contributed by atoms with van der Waals surface area (Å²) in [4.78, 5) is 0. The number of rotatable bonds is 3. The topological polar surface area (TPSA) is 38.7 Å². The predicted molar refractivity (Wildman–Crippen MR) is 57.2 cm³/mol. The quantitative estimate of drug-likeness (QED) is 0.829.